The number of rotatable bonds is 5. The lowest BCUT2D eigenvalue weighted by Gasteiger charge is -2.31. The van der Waals surface area contributed by atoms with Crippen molar-refractivity contribution in [3.63, 3.8) is 0 Å². The molecule has 2 aliphatic rings. The highest BCUT2D eigenvalue weighted by Gasteiger charge is 2.50. The van der Waals surface area contributed by atoms with Gasteiger partial charge in [0.2, 0.25) is 0 Å². The Labute approximate surface area is 206 Å². The van der Waals surface area contributed by atoms with E-state index in [1.165, 1.54) is 0 Å². The second kappa shape index (κ2) is 7.94. The fourth-order valence-corrected chi connectivity index (χ4v) is 5.12. The van der Waals surface area contributed by atoms with Gasteiger partial charge < -0.3 is 19.9 Å². The molecule has 9 nitrogen and oxygen atoms in total. The van der Waals surface area contributed by atoms with Crippen LogP contribution in [0.2, 0.25) is 0 Å². The number of imidazole rings is 1. The number of hydrogen-bond donors (Lipinski definition) is 3. The average molecular weight is 482 g/mol. The van der Waals surface area contributed by atoms with Crippen molar-refractivity contribution < 1.29 is 19.1 Å². The van der Waals surface area contributed by atoms with Gasteiger partial charge in [-0.25, -0.2) is 9.78 Å². The quantitative estimate of drug-likeness (QED) is 0.379. The molecule has 6 rings (SSSR count). The first-order valence-corrected chi connectivity index (χ1v) is 11.5. The first-order chi connectivity index (χ1) is 17.4. The second-order valence-electron chi connectivity index (χ2n) is 9.17. The van der Waals surface area contributed by atoms with E-state index in [4.69, 9.17) is 4.74 Å². The Bertz CT molecular complexity index is 1560. The number of ether oxygens (including phenoxy) is 1. The highest BCUT2D eigenvalue weighted by Crippen LogP contribution is 2.34. The summed E-state index contributed by atoms with van der Waals surface area (Å²) in [6.07, 6.45) is 1.67. The van der Waals surface area contributed by atoms with E-state index in [2.05, 4.69) is 26.7 Å². The molecule has 0 radical (unpaired) electrons. The zero-order valence-corrected chi connectivity index (χ0v) is 19.7. The van der Waals surface area contributed by atoms with Gasteiger partial charge in [0.25, 0.3) is 11.8 Å². The molecule has 4 aromatic rings. The summed E-state index contributed by atoms with van der Waals surface area (Å²) in [5.41, 5.74) is 5.45. The lowest BCUT2D eigenvalue weighted by molar-refractivity contribution is -0.124. The van der Waals surface area contributed by atoms with E-state index >= 15 is 0 Å². The van der Waals surface area contributed by atoms with Crippen molar-refractivity contribution in [3.8, 4) is 16.9 Å². The van der Waals surface area contributed by atoms with Crippen molar-refractivity contribution in [2.24, 2.45) is 0 Å². The fourth-order valence-electron chi connectivity index (χ4n) is 5.12. The van der Waals surface area contributed by atoms with E-state index < -0.39 is 17.5 Å². The van der Waals surface area contributed by atoms with Gasteiger partial charge in [-0.15, -0.1) is 0 Å². The molecule has 1 saturated heterocycles. The van der Waals surface area contributed by atoms with Crippen molar-refractivity contribution in [3.05, 3.63) is 83.2 Å². The summed E-state index contributed by atoms with van der Waals surface area (Å²) in [7, 11) is 1.55. The molecule has 3 heterocycles. The lowest BCUT2D eigenvalue weighted by Crippen LogP contribution is -2.52. The first kappa shape index (κ1) is 21.8. The van der Waals surface area contributed by atoms with E-state index in [0.29, 0.717) is 23.4 Å². The second-order valence-corrected chi connectivity index (χ2v) is 9.17. The Morgan fingerprint density at radius 2 is 1.83 bits per heavy atom. The van der Waals surface area contributed by atoms with Crippen LogP contribution in [0.25, 0.3) is 22.2 Å². The zero-order valence-electron chi connectivity index (χ0n) is 19.7. The van der Waals surface area contributed by atoms with Crippen LogP contribution in [0, 0.1) is 6.92 Å². The van der Waals surface area contributed by atoms with Gasteiger partial charge in [-0.3, -0.25) is 14.9 Å². The van der Waals surface area contributed by atoms with Gasteiger partial charge in [-0.2, -0.15) is 0 Å². The molecule has 1 fully saturated rings. The maximum Gasteiger partial charge on any atom is 0.322 e. The maximum atomic E-state index is 13.2. The van der Waals surface area contributed by atoms with Crippen LogP contribution in [0.15, 0.2) is 60.9 Å². The number of nitrogens with zero attached hydrogens (tertiary/aromatic N) is 2. The minimum Gasteiger partial charge on any atom is -0.497 e. The third kappa shape index (κ3) is 3.31. The average Bonchev–Trinajstić information content (AvgIpc) is 3.56. The zero-order chi connectivity index (χ0) is 25.0. The predicted molar refractivity (Wildman–Crippen MR) is 132 cm³/mol. The number of H-pyrrole nitrogens is 1. The Hall–Kier alpha value is -4.66. The molecule has 3 N–H and O–H groups in total. The summed E-state index contributed by atoms with van der Waals surface area (Å²) in [6.45, 7) is 2.36. The number of benzene rings is 3. The molecule has 0 spiro atoms. The number of hydrogen-bond acceptors (Lipinski definition) is 5. The Kier molecular flexibility index (Phi) is 4.82. The number of amides is 4. The summed E-state index contributed by atoms with van der Waals surface area (Å²) in [4.78, 5) is 47.7. The number of methoxy groups -OCH3 is 1. The van der Waals surface area contributed by atoms with Gasteiger partial charge in [0, 0.05) is 12.1 Å². The smallest absolute Gasteiger partial charge is 0.322 e. The summed E-state index contributed by atoms with van der Waals surface area (Å²) in [6, 6.07) is 16.3. The predicted octanol–water partition coefficient (Wildman–Crippen LogP) is 3.24. The minimum atomic E-state index is -1.40. The van der Waals surface area contributed by atoms with Crippen molar-refractivity contribution >= 4 is 28.9 Å². The lowest BCUT2D eigenvalue weighted by atomic mass is 9.88. The van der Waals surface area contributed by atoms with Crippen LogP contribution in [-0.4, -0.2) is 46.4 Å². The summed E-state index contributed by atoms with van der Waals surface area (Å²) in [5, 5.41) is 5.13. The largest absolute Gasteiger partial charge is 0.497 e. The van der Waals surface area contributed by atoms with Crippen LogP contribution in [0.5, 0.6) is 5.75 Å². The van der Waals surface area contributed by atoms with Crippen LogP contribution < -0.4 is 15.4 Å². The van der Waals surface area contributed by atoms with E-state index in [1.54, 1.807) is 30.5 Å². The molecule has 0 unspecified atom stereocenters. The molecule has 4 amide bonds. The summed E-state index contributed by atoms with van der Waals surface area (Å²) >= 11 is 0. The van der Waals surface area contributed by atoms with Crippen molar-refractivity contribution in [2.75, 3.05) is 13.7 Å². The summed E-state index contributed by atoms with van der Waals surface area (Å²) in [5.74, 6) is -0.114. The number of urea groups is 1. The number of aromatic nitrogens is 2. The SMILES string of the molecule is COc1ccc2c(c1)C(=O)N(C[C@@]1(c3ccc(-c4cc(C)c5[nH]cnc5c4)cc3)NC(=O)NC1=O)C2. The number of fused-ring (bicyclic) bond motifs is 2. The van der Waals surface area contributed by atoms with Gasteiger partial charge in [0.05, 0.1) is 31.0 Å². The number of aryl methyl sites for hydroxylation is 1. The molecular weight excluding hydrogens is 458 g/mol. The van der Waals surface area contributed by atoms with E-state index in [9.17, 15) is 14.4 Å². The van der Waals surface area contributed by atoms with E-state index in [1.807, 2.05) is 43.3 Å². The molecule has 0 saturated carbocycles. The number of aromatic amines is 1. The molecular formula is C27H23N5O4. The molecule has 2 aliphatic heterocycles. The monoisotopic (exact) mass is 481 g/mol. The van der Waals surface area contributed by atoms with Crippen LogP contribution >= 0.6 is 0 Å². The van der Waals surface area contributed by atoms with E-state index in [-0.39, 0.29) is 12.5 Å². The van der Waals surface area contributed by atoms with Crippen molar-refractivity contribution in [1.82, 2.24) is 25.5 Å². The molecule has 3 aromatic carbocycles. The molecule has 0 aliphatic carbocycles. The Morgan fingerprint density at radius 3 is 2.56 bits per heavy atom. The molecule has 9 heteroatoms. The van der Waals surface area contributed by atoms with Gasteiger partial charge in [-0.05, 0) is 59.0 Å². The highest BCUT2D eigenvalue weighted by molar-refractivity contribution is 6.08. The number of carbonyl (C=O) groups excluding carboxylic acids is 3. The number of carbonyl (C=O) groups is 3. The Morgan fingerprint density at radius 1 is 1.03 bits per heavy atom. The van der Waals surface area contributed by atoms with Crippen molar-refractivity contribution in [2.45, 2.75) is 19.0 Å². The van der Waals surface area contributed by atoms with Gasteiger partial charge >= 0.3 is 6.03 Å². The standard InChI is InChI=1S/C27H23N5O4/c1-15-9-18(10-22-23(15)29-14-28-22)16-3-6-19(7-4-16)27(25(34)30-26(35)31-27)13-32-12-17-5-8-20(36-2)11-21(17)24(32)33/h3-11,14H,12-13H2,1-2H3,(H,28,29)(H2,30,31,34,35)/t27-/m0/s1. The third-order valence-corrected chi connectivity index (χ3v) is 7.00. The first-order valence-electron chi connectivity index (χ1n) is 11.5. The number of nitrogens with one attached hydrogen (secondary N) is 3. The van der Waals surface area contributed by atoms with Crippen LogP contribution in [0.3, 0.4) is 0 Å². The van der Waals surface area contributed by atoms with Crippen LogP contribution in [0.4, 0.5) is 4.79 Å². The molecule has 1 aromatic heterocycles. The van der Waals surface area contributed by atoms with Gasteiger partial charge in [0.1, 0.15) is 5.75 Å². The van der Waals surface area contributed by atoms with E-state index in [0.717, 1.165) is 33.3 Å². The van der Waals surface area contributed by atoms with Gasteiger partial charge in [0.15, 0.2) is 5.54 Å². The third-order valence-electron chi connectivity index (χ3n) is 7.00. The Balaban J connectivity index is 1.34. The normalized spacial score (nSPS) is 18.9. The van der Waals surface area contributed by atoms with Crippen molar-refractivity contribution in [1.29, 1.82) is 0 Å². The minimum absolute atomic E-state index is 0.00190. The molecule has 36 heavy (non-hydrogen) atoms. The highest BCUT2D eigenvalue weighted by atomic mass is 16.5. The maximum absolute atomic E-state index is 13.2. The van der Waals surface area contributed by atoms with Crippen LogP contribution in [0.1, 0.15) is 27.0 Å². The molecule has 0 bridgehead atoms. The van der Waals surface area contributed by atoms with Crippen LogP contribution in [-0.2, 0) is 16.9 Å². The fraction of sp³-hybridized carbons (Fsp3) is 0.185. The van der Waals surface area contributed by atoms with Gasteiger partial charge in [-0.1, -0.05) is 30.3 Å². The molecule has 1 atom stereocenters. The number of imide groups is 1. The molecule has 180 valence electrons. The topological polar surface area (TPSA) is 116 Å². The summed E-state index contributed by atoms with van der Waals surface area (Å²) < 4.78 is 5.25.